The Morgan fingerprint density at radius 3 is 1.95 bits per heavy atom. The zero-order valence-electron chi connectivity index (χ0n) is 22.5. The minimum Gasteiger partial charge on any atom is -0.495 e. The monoisotopic (exact) mass is 597 g/mol. The maximum absolute atomic E-state index is 13.7. The molecule has 214 valence electrons. The van der Waals surface area contributed by atoms with Crippen LogP contribution >= 0.6 is 0 Å². The van der Waals surface area contributed by atoms with Gasteiger partial charge in [0.2, 0.25) is 5.91 Å². The number of ether oxygens (including phenoxy) is 1. The minimum absolute atomic E-state index is 0.00248. The summed E-state index contributed by atoms with van der Waals surface area (Å²) in [5, 5.41) is 2.62. The molecule has 0 aromatic heterocycles. The number of methoxy groups -OCH3 is 1. The van der Waals surface area contributed by atoms with E-state index in [4.69, 9.17) is 4.74 Å². The molecule has 4 aromatic carbocycles. The Morgan fingerprint density at radius 1 is 0.780 bits per heavy atom. The highest BCUT2D eigenvalue weighted by Crippen LogP contribution is 2.33. The Kier molecular flexibility index (Phi) is 8.64. The van der Waals surface area contributed by atoms with E-state index in [1.807, 2.05) is 6.92 Å². The van der Waals surface area contributed by atoms with Crippen LogP contribution in [0.5, 0.6) is 5.75 Å². The molecular weight excluding hydrogens is 569 g/mol. The topological polar surface area (TPSA) is 122 Å². The van der Waals surface area contributed by atoms with Gasteiger partial charge in [-0.1, -0.05) is 23.8 Å². The second-order valence-corrected chi connectivity index (χ2v) is 12.7. The highest BCUT2D eigenvalue weighted by molar-refractivity contribution is 7.93. The summed E-state index contributed by atoms with van der Waals surface area (Å²) in [5.41, 5.74) is 2.26. The normalized spacial score (nSPS) is 11.5. The van der Waals surface area contributed by atoms with E-state index in [0.717, 1.165) is 27.6 Å². The van der Waals surface area contributed by atoms with Crippen molar-refractivity contribution < 1.29 is 30.8 Å². The fourth-order valence-electron chi connectivity index (χ4n) is 3.91. The lowest BCUT2D eigenvalue weighted by molar-refractivity contribution is -0.114. The number of halogens is 1. The van der Waals surface area contributed by atoms with Crippen LogP contribution in [-0.2, 0) is 24.8 Å². The minimum atomic E-state index is -4.18. The average Bonchev–Trinajstić information content (AvgIpc) is 2.93. The molecule has 0 bridgehead atoms. The maximum atomic E-state index is 13.7. The van der Waals surface area contributed by atoms with Crippen LogP contribution in [0, 0.1) is 19.7 Å². The van der Waals surface area contributed by atoms with E-state index in [0.29, 0.717) is 0 Å². The van der Waals surface area contributed by atoms with Crippen molar-refractivity contribution in [2.45, 2.75) is 23.6 Å². The molecule has 2 N–H and O–H groups in total. The van der Waals surface area contributed by atoms with Gasteiger partial charge in [-0.25, -0.2) is 21.2 Å². The molecule has 1 amide bonds. The van der Waals surface area contributed by atoms with Crippen LogP contribution in [0.4, 0.5) is 21.5 Å². The summed E-state index contributed by atoms with van der Waals surface area (Å²) in [6, 6.07) is 21.4. The lowest BCUT2D eigenvalue weighted by Gasteiger charge is -2.26. The van der Waals surface area contributed by atoms with Crippen molar-refractivity contribution in [1.82, 2.24) is 0 Å². The Balaban J connectivity index is 1.58. The fourth-order valence-corrected chi connectivity index (χ4v) is 6.39. The second kappa shape index (κ2) is 12.0. The van der Waals surface area contributed by atoms with Crippen molar-refractivity contribution in [2.24, 2.45) is 0 Å². The zero-order valence-corrected chi connectivity index (χ0v) is 24.1. The smallest absolute Gasteiger partial charge is 0.264 e. The summed E-state index contributed by atoms with van der Waals surface area (Å²) in [5.74, 6) is -0.897. The van der Waals surface area contributed by atoms with E-state index in [2.05, 4.69) is 10.0 Å². The Morgan fingerprint density at radius 2 is 1.34 bits per heavy atom. The molecular formula is C29H28FN3O6S2. The first-order valence-electron chi connectivity index (χ1n) is 12.3. The molecule has 0 unspecified atom stereocenters. The van der Waals surface area contributed by atoms with E-state index in [1.165, 1.54) is 55.6 Å². The highest BCUT2D eigenvalue weighted by Gasteiger charge is 2.29. The van der Waals surface area contributed by atoms with Crippen molar-refractivity contribution >= 4 is 43.0 Å². The lowest BCUT2D eigenvalue weighted by Crippen LogP contribution is -2.38. The van der Waals surface area contributed by atoms with Crippen molar-refractivity contribution in [2.75, 3.05) is 28.0 Å². The van der Waals surface area contributed by atoms with Gasteiger partial charge in [-0.3, -0.25) is 13.8 Å². The number of hydrogen-bond acceptors (Lipinski definition) is 6. The molecule has 0 aliphatic carbocycles. The largest absolute Gasteiger partial charge is 0.495 e. The molecule has 0 heterocycles. The Hall–Kier alpha value is -4.42. The molecule has 4 rings (SSSR count). The Bertz CT molecular complexity index is 1760. The van der Waals surface area contributed by atoms with Crippen LogP contribution in [0.2, 0.25) is 0 Å². The van der Waals surface area contributed by atoms with Crippen LogP contribution in [0.1, 0.15) is 11.1 Å². The zero-order chi connectivity index (χ0) is 29.8. The van der Waals surface area contributed by atoms with Gasteiger partial charge in [-0.15, -0.1) is 0 Å². The van der Waals surface area contributed by atoms with Gasteiger partial charge < -0.3 is 10.1 Å². The van der Waals surface area contributed by atoms with E-state index in [9.17, 15) is 26.0 Å². The molecule has 0 aliphatic rings. The molecule has 0 aliphatic heterocycles. The van der Waals surface area contributed by atoms with Gasteiger partial charge in [-0.05, 0) is 92.2 Å². The van der Waals surface area contributed by atoms with Crippen LogP contribution in [-0.4, -0.2) is 36.4 Å². The summed E-state index contributed by atoms with van der Waals surface area (Å²) in [6.45, 7) is 3.04. The lowest BCUT2D eigenvalue weighted by atomic mass is 10.2. The first kappa shape index (κ1) is 29.6. The number of nitrogens with zero attached hydrogens (tertiary/aromatic N) is 1. The van der Waals surface area contributed by atoms with Crippen LogP contribution in [0.15, 0.2) is 101 Å². The molecule has 9 nitrogen and oxygen atoms in total. The van der Waals surface area contributed by atoms with Crippen molar-refractivity contribution in [3.8, 4) is 5.75 Å². The van der Waals surface area contributed by atoms with E-state index in [-0.39, 0.29) is 32.6 Å². The number of benzene rings is 4. The predicted octanol–water partition coefficient (Wildman–Crippen LogP) is 5.09. The molecule has 0 radical (unpaired) electrons. The molecule has 0 saturated carbocycles. The fraction of sp³-hybridized carbons (Fsp3) is 0.138. The SMILES string of the molecule is COc1ccc(C)cc1N(CC(=O)Nc1ccc(S(=O)(=O)Nc2ccc(F)cc2)cc1)S(=O)(=O)c1ccc(C)cc1. The third kappa shape index (κ3) is 7.02. The standard InChI is InChI=1S/C29H28FN3O6S2/c1-20-4-13-26(14-5-20)41(37,38)33(27-18-21(2)6-17-28(27)39-3)19-29(34)31-23-11-15-25(16-12-23)40(35,36)32-24-9-7-22(30)8-10-24/h4-18,32H,19H2,1-3H3,(H,31,34). The maximum Gasteiger partial charge on any atom is 0.264 e. The average molecular weight is 598 g/mol. The number of rotatable bonds is 10. The molecule has 0 spiro atoms. The molecule has 0 atom stereocenters. The number of hydrogen-bond donors (Lipinski definition) is 2. The number of carbonyl (C=O) groups is 1. The quantitative estimate of drug-likeness (QED) is 0.263. The van der Waals surface area contributed by atoms with Gasteiger partial charge >= 0.3 is 0 Å². The van der Waals surface area contributed by atoms with E-state index >= 15 is 0 Å². The first-order chi connectivity index (χ1) is 19.4. The van der Waals surface area contributed by atoms with Gasteiger partial charge in [-0.2, -0.15) is 0 Å². The number of carbonyl (C=O) groups excluding carboxylic acids is 1. The van der Waals surface area contributed by atoms with Crippen LogP contribution in [0.25, 0.3) is 0 Å². The van der Waals surface area contributed by atoms with Gasteiger partial charge in [0.25, 0.3) is 20.0 Å². The molecule has 12 heteroatoms. The van der Waals surface area contributed by atoms with E-state index in [1.54, 1.807) is 37.3 Å². The molecule has 41 heavy (non-hydrogen) atoms. The molecule has 0 saturated heterocycles. The summed E-state index contributed by atoms with van der Waals surface area (Å²) < 4.78 is 74.7. The second-order valence-electron chi connectivity index (χ2n) is 9.18. The number of aryl methyl sites for hydroxylation is 2. The highest BCUT2D eigenvalue weighted by atomic mass is 32.2. The van der Waals surface area contributed by atoms with Gasteiger partial charge in [0.1, 0.15) is 18.1 Å². The summed E-state index contributed by atoms with van der Waals surface area (Å²) in [7, 11) is -6.75. The summed E-state index contributed by atoms with van der Waals surface area (Å²) >= 11 is 0. The van der Waals surface area contributed by atoms with Gasteiger partial charge in [0.15, 0.2) is 0 Å². The number of anilines is 3. The number of amides is 1. The number of sulfonamides is 2. The summed E-state index contributed by atoms with van der Waals surface area (Å²) in [6.07, 6.45) is 0. The van der Waals surface area contributed by atoms with Crippen molar-refractivity contribution in [3.05, 3.63) is 108 Å². The molecule has 4 aromatic rings. The first-order valence-corrected chi connectivity index (χ1v) is 15.2. The van der Waals surface area contributed by atoms with E-state index < -0.39 is 38.3 Å². The van der Waals surface area contributed by atoms with Gasteiger partial charge in [0, 0.05) is 11.4 Å². The predicted molar refractivity (Wildman–Crippen MR) is 156 cm³/mol. The van der Waals surface area contributed by atoms with Gasteiger partial charge in [0.05, 0.1) is 22.6 Å². The Labute approximate surface area is 238 Å². The summed E-state index contributed by atoms with van der Waals surface area (Å²) in [4.78, 5) is 13.1. The number of nitrogens with one attached hydrogen (secondary N) is 2. The van der Waals surface area contributed by atoms with Crippen molar-refractivity contribution in [1.29, 1.82) is 0 Å². The third-order valence-corrected chi connectivity index (χ3v) is 9.22. The van der Waals surface area contributed by atoms with Crippen LogP contribution < -0.4 is 19.1 Å². The van der Waals surface area contributed by atoms with Crippen LogP contribution in [0.3, 0.4) is 0 Å². The molecule has 0 fully saturated rings. The third-order valence-electron chi connectivity index (χ3n) is 6.04. The van der Waals surface area contributed by atoms with Crippen molar-refractivity contribution in [3.63, 3.8) is 0 Å².